The predicted octanol–water partition coefficient (Wildman–Crippen LogP) is 6.06. The highest BCUT2D eigenvalue weighted by atomic mass is 35.5. The fourth-order valence-electron chi connectivity index (χ4n) is 3.08. The van der Waals surface area contributed by atoms with Gasteiger partial charge in [-0.15, -0.1) is 21.5 Å². The first kappa shape index (κ1) is 22.2. The summed E-state index contributed by atoms with van der Waals surface area (Å²) >= 11 is 8.53. The van der Waals surface area contributed by atoms with Gasteiger partial charge in [0, 0.05) is 22.4 Å². The number of thioether (sulfide) groups is 1. The molecule has 1 aliphatic rings. The summed E-state index contributed by atoms with van der Waals surface area (Å²) in [5.41, 5.74) is -1.30. The number of hydrogen-bond donors (Lipinski definition) is 1. The molecule has 1 saturated carbocycles. The Morgan fingerprint density at radius 1 is 1.35 bits per heavy atom. The Morgan fingerprint density at radius 2 is 2.13 bits per heavy atom. The SMILES string of the molecule is CC(Sc1nnc(Cc2cccs2)n1C1CC1)C(=O)Nc1ccc(Cl)cc1C(F)(F)F. The maximum Gasteiger partial charge on any atom is 0.418 e. The predicted molar refractivity (Wildman–Crippen MR) is 116 cm³/mol. The van der Waals surface area contributed by atoms with Gasteiger partial charge in [-0.3, -0.25) is 4.79 Å². The zero-order chi connectivity index (χ0) is 22.2. The number of aromatic nitrogens is 3. The van der Waals surface area contributed by atoms with Gasteiger partial charge in [0.1, 0.15) is 5.82 Å². The van der Waals surface area contributed by atoms with E-state index in [9.17, 15) is 18.0 Å². The summed E-state index contributed by atoms with van der Waals surface area (Å²) in [6.45, 7) is 1.63. The Labute approximate surface area is 190 Å². The highest BCUT2D eigenvalue weighted by Crippen LogP contribution is 2.40. The highest BCUT2D eigenvalue weighted by Gasteiger charge is 2.35. The molecule has 2 aromatic heterocycles. The second kappa shape index (κ2) is 8.84. The molecule has 0 spiro atoms. The molecule has 1 atom stereocenters. The van der Waals surface area contributed by atoms with E-state index < -0.39 is 22.9 Å². The summed E-state index contributed by atoms with van der Waals surface area (Å²) < 4.78 is 41.9. The van der Waals surface area contributed by atoms with E-state index >= 15 is 0 Å². The number of amides is 1. The zero-order valence-corrected chi connectivity index (χ0v) is 18.7. The Balaban J connectivity index is 1.50. The second-order valence-electron chi connectivity index (χ2n) is 7.19. The van der Waals surface area contributed by atoms with Crippen LogP contribution in [0, 0.1) is 0 Å². The normalized spacial score (nSPS) is 15.1. The van der Waals surface area contributed by atoms with Crippen molar-refractivity contribution in [1.82, 2.24) is 14.8 Å². The smallest absolute Gasteiger partial charge is 0.325 e. The monoisotopic (exact) mass is 486 g/mol. The quantitative estimate of drug-likeness (QED) is 0.412. The largest absolute Gasteiger partial charge is 0.418 e. The fourth-order valence-corrected chi connectivity index (χ4v) is 4.89. The van der Waals surface area contributed by atoms with Gasteiger partial charge in [-0.2, -0.15) is 13.2 Å². The van der Waals surface area contributed by atoms with E-state index in [0.717, 1.165) is 30.8 Å². The first-order valence-corrected chi connectivity index (χ1v) is 11.7. The number of anilines is 1. The van der Waals surface area contributed by atoms with Crippen LogP contribution in [0.2, 0.25) is 5.02 Å². The molecule has 31 heavy (non-hydrogen) atoms. The number of nitrogens with one attached hydrogen (secondary N) is 1. The Kier molecular flexibility index (Phi) is 6.32. The van der Waals surface area contributed by atoms with Gasteiger partial charge in [0.15, 0.2) is 5.16 Å². The van der Waals surface area contributed by atoms with Crippen molar-refractivity contribution in [2.24, 2.45) is 0 Å². The molecule has 0 aliphatic heterocycles. The van der Waals surface area contributed by atoms with Crippen LogP contribution in [-0.4, -0.2) is 25.9 Å². The number of halogens is 4. The summed E-state index contributed by atoms with van der Waals surface area (Å²) in [5.74, 6) is 0.278. The number of alkyl halides is 3. The first-order valence-electron chi connectivity index (χ1n) is 9.53. The molecule has 1 N–H and O–H groups in total. The van der Waals surface area contributed by atoms with Gasteiger partial charge in [-0.1, -0.05) is 29.4 Å². The van der Waals surface area contributed by atoms with Crippen molar-refractivity contribution in [3.05, 3.63) is 57.0 Å². The van der Waals surface area contributed by atoms with Crippen LogP contribution in [0.25, 0.3) is 0 Å². The molecule has 11 heteroatoms. The van der Waals surface area contributed by atoms with Gasteiger partial charge >= 0.3 is 6.18 Å². The average molecular weight is 487 g/mol. The number of benzene rings is 1. The molecule has 0 bridgehead atoms. The number of nitrogens with zero attached hydrogens (tertiary/aromatic N) is 3. The van der Waals surface area contributed by atoms with Gasteiger partial charge in [0.2, 0.25) is 5.91 Å². The lowest BCUT2D eigenvalue weighted by Crippen LogP contribution is -2.24. The molecule has 5 nitrogen and oxygen atoms in total. The molecule has 164 valence electrons. The van der Waals surface area contributed by atoms with Crippen molar-refractivity contribution < 1.29 is 18.0 Å². The molecule has 1 aromatic carbocycles. The molecule has 1 unspecified atom stereocenters. The van der Waals surface area contributed by atoms with Crippen molar-refractivity contribution >= 4 is 46.3 Å². The maximum absolute atomic E-state index is 13.3. The standard InChI is InChI=1S/C20H18ClF3N4OS2/c1-11(18(29)25-16-7-4-12(21)9-15(16)20(22,23)24)31-19-27-26-17(28(19)13-5-6-13)10-14-3-2-8-30-14/h2-4,7-9,11,13H,5-6,10H2,1H3,(H,25,29). The van der Waals surface area contributed by atoms with E-state index in [-0.39, 0.29) is 10.7 Å². The van der Waals surface area contributed by atoms with E-state index in [4.69, 9.17) is 11.6 Å². The molecule has 1 aliphatic carbocycles. The van der Waals surface area contributed by atoms with Gasteiger partial charge in [-0.05, 0) is 49.4 Å². The second-order valence-corrected chi connectivity index (χ2v) is 9.97. The van der Waals surface area contributed by atoms with E-state index in [1.165, 1.54) is 22.7 Å². The summed E-state index contributed by atoms with van der Waals surface area (Å²) in [7, 11) is 0. The van der Waals surface area contributed by atoms with Crippen molar-refractivity contribution in [3.8, 4) is 0 Å². The molecular formula is C20H18ClF3N4OS2. The maximum atomic E-state index is 13.3. The number of thiophene rings is 1. The Hall–Kier alpha value is -2.04. The lowest BCUT2D eigenvalue weighted by atomic mass is 10.1. The molecule has 4 rings (SSSR count). The Bertz CT molecular complexity index is 1080. The minimum Gasteiger partial charge on any atom is -0.325 e. The van der Waals surface area contributed by atoms with E-state index in [0.29, 0.717) is 17.6 Å². The Morgan fingerprint density at radius 3 is 2.77 bits per heavy atom. The lowest BCUT2D eigenvalue weighted by molar-refractivity contribution is -0.137. The van der Waals surface area contributed by atoms with E-state index in [1.54, 1.807) is 18.3 Å². The average Bonchev–Trinajstić information content (AvgIpc) is 3.26. The van der Waals surface area contributed by atoms with Crippen LogP contribution in [0.3, 0.4) is 0 Å². The molecule has 1 amide bonds. The minimum absolute atomic E-state index is 0.0523. The topological polar surface area (TPSA) is 59.8 Å². The van der Waals surface area contributed by atoms with Crippen LogP contribution in [0.5, 0.6) is 0 Å². The van der Waals surface area contributed by atoms with Gasteiger partial charge in [0.25, 0.3) is 0 Å². The molecular weight excluding hydrogens is 469 g/mol. The number of hydrogen-bond acceptors (Lipinski definition) is 5. The van der Waals surface area contributed by atoms with Gasteiger partial charge in [-0.25, -0.2) is 0 Å². The highest BCUT2D eigenvalue weighted by molar-refractivity contribution is 8.00. The van der Waals surface area contributed by atoms with Crippen LogP contribution in [0.4, 0.5) is 18.9 Å². The third kappa shape index (κ3) is 5.24. The molecule has 2 heterocycles. The summed E-state index contributed by atoms with van der Waals surface area (Å²) in [4.78, 5) is 13.8. The van der Waals surface area contributed by atoms with Crippen LogP contribution in [0.1, 0.15) is 42.1 Å². The number of rotatable bonds is 7. The van der Waals surface area contributed by atoms with Crippen molar-refractivity contribution in [2.75, 3.05) is 5.32 Å². The van der Waals surface area contributed by atoms with Crippen LogP contribution < -0.4 is 5.32 Å². The molecule has 0 saturated heterocycles. The van der Waals surface area contributed by atoms with Crippen LogP contribution >= 0.6 is 34.7 Å². The molecule has 3 aromatic rings. The molecule has 0 radical (unpaired) electrons. The van der Waals surface area contributed by atoms with Gasteiger partial charge < -0.3 is 9.88 Å². The summed E-state index contributed by atoms with van der Waals surface area (Å²) in [6.07, 6.45) is -1.94. The lowest BCUT2D eigenvalue weighted by Gasteiger charge is -2.17. The van der Waals surface area contributed by atoms with Gasteiger partial charge in [0.05, 0.1) is 16.5 Å². The third-order valence-electron chi connectivity index (χ3n) is 4.76. The zero-order valence-electron chi connectivity index (χ0n) is 16.3. The van der Waals surface area contributed by atoms with Crippen LogP contribution in [-0.2, 0) is 17.4 Å². The fraction of sp³-hybridized carbons (Fsp3) is 0.350. The summed E-state index contributed by atoms with van der Waals surface area (Å²) in [5, 5.41) is 12.8. The van der Waals surface area contributed by atoms with Crippen molar-refractivity contribution in [3.63, 3.8) is 0 Å². The summed E-state index contributed by atoms with van der Waals surface area (Å²) in [6, 6.07) is 7.58. The molecule has 1 fully saturated rings. The number of carbonyl (C=O) groups is 1. The van der Waals surface area contributed by atoms with Crippen LogP contribution in [0.15, 0.2) is 40.9 Å². The minimum atomic E-state index is -4.63. The third-order valence-corrected chi connectivity index (χ3v) is 6.92. The first-order chi connectivity index (χ1) is 14.7. The van der Waals surface area contributed by atoms with E-state index in [2.05, 4.69) is 20.1 Å². The number of carbonyl (C=O) groups excluding carboxylic acids is 1. The van der Waals surface area contributed by atoms with Crippen molar-refractivity contribution in [2.45, 2.75) is 48.8 Å². The van der Waals surface area contributed by atoms with E-state index in [1.807, 2.05) is 17.5 Å². The van der Waals surface area contributed by atoms with Crippen molar-refractivity contribution in [1.29, 1.82) is 0 Å².